The van der Waals surface area contributed by atoms with Crippen molar-refractivity contribution in [3.05, 3.63) is 0 Å². The first kappa shape index (κ1) is 6.05. The van der Waals surface area contributed by atoms with Crippen molar-refractivity contribution in [1.29, 1.82) is 0 Å². The Kier molecular flexibility index (Phi) is 1.27. The second-order valence-electron chi connectivity index (χ2n) is 3.33. The van der Waals surface area contributed by atoms with Gasteiger partial charge in [-0.25, -0.2) is 0 Å². The third-order valence-corrected chi connectivity index (χ3v) is 4.21. The van der Waals surface area contributed by atoms with Gasteiger partial charge in [0.1, 0.15) is 0 Å². The molecule has 1 nitrogen and oxygen atoms in total. The Morgan fingerprint density at radius 3 is 2.67 bits per heavy atom. The predicted octanol–water partition coefficient (Wildman–Crippen LogP) is 1.09. The quantitative estimate of drug-likeness (QED) is 0.626. The zero-order valence-corrected chi connectivity index (χ0v) is 6.41. The molecular formula is C7H13NS. The summed E-state index contributed by atoms with van der Waals surface area (Å²) in [6.07, 6.45) is 2.76. The third-order valence-electron chi connectivity index (χ3n) is 2.65. The molecule has 1 unspecified atom stereocenters. The van der Waals surface area contributed by atoms with Gasteiger partial charge in [-0.1, -0.05) is 0 Å². The number of rotatable bonds is 2. The molecule has 2 fully saturated rings. The maximum atomic E-state index is 5.46. The van der Waals surface area contributed by atoms with E-state index in [0.717, 1.165) is 17.9 Å². The lowest BCUT2D eigenvalue weighted by molar-refractivity contribution is 0.531. The van der Waals surface area contributed by atoms with E-state index >= 15 is 0 Å². The molecule has 1 aliphatic heterocycles. The summed E-state index contributed by atoms with van der Waals surface area (Å²) in [6.45, 7) is 0.900. The molecule has 9 heavy (non-hydrogen) atoms. The zero-order valence-electron chi connectivity index (χ0n) is 5.60. The van der Waals surface area contributed by atoms with Crippen molar-refractivity contribution in [3.63, 3.8) is 0 Å². The zero-order chi connectivity index (χ0) is 6.32. The number of nitrogens with two attached hydrogens (primary N) is 1. The van der Waals surface area contributed by atoms with Crippen LogP contribution >= 0.6 is 11.8 Å². The van der Waals surface area contributed by atoms with Gasteiger partial charge in [0, 0.05) is 11.5 Å². The maximum Gasteiger partial charge on any atom is 0.00000906 e. The molecule has 52 valence electrons. The van der Waals surface area contributed by atoms with Crippen molar-refractivity contribution in [3.8, 4) is 0 Å². The van der Waals surface area contributed by atoms with Gasteiger partial charge in [0.15, 0.2) is 0 Å². The van der Waals surface area contributed by atoms with Crippen LogP contribution in [0.4, 0.5) is 0 Å². The van der Waals surface area contributed by atoms with Crippen molar-refractivity contribution < 1.29 is 0 Å². The molecule has 1 aliphatic carbocycles. The van der Waals surface area contributed by atoms with Crippen LogP contribution in [0.15, 0.2) is 0 Å². The lowest BCUT2D eigenvalue weighted by atomic mass is 10.1. The molecule has 1 saturated heterocycles. The average Bonchev–Trinajstić information content (AvgIpc) is 2.41. The van der Waals surface area contributed by atoms with Crippen LogP contribution < -0.4 is 5.73 Å². The molecule has 1 atom stereocenters. The Morgan fingerprint density at radius 2 is 2.33 bits per heavy atom. The van der Waals surface area contributed by atoms with Crippen molar-refractivity contribution in [1.82, 2.24) is 0 Å². The van der Waals surface area contributed by atoms with Gasteiger partial charge < -0.3 is 5.73 Å². The molecule has 1 heterocycles. The largest absolute Gasteiger partial charge is 0.330 e. The molecule has 2 N–H and O–H groups in total. The van der Waals surface area contributed by atoms with Crippen LogP contribution in [-0.2, 0) is 0 Å². The number of hydrogen-bond donors (Lipinski definition) is 1. The van der Waals surface area contributed by atoms with Gasteiger partial charge in [-0.3, -0.25) is 0 Å². The molecule has 1 saturated carbocycles. The second kappa shape index (κ2) is 1.89. The summed E-state index contributed by atoms with van der Waals surface area (Å²) in [4.78, 5) is 0. The Morgan fingerprint density at radius 1 is 1.56 bits per heavy atom. The van der Waals surface area contributed by atoms with Crippen LogP contribution in [0, 0.1) is 11.3 Å². The molecule has 2 heteroatoms. The highest BCUT2D eigenvalue weighted by Crippen LogP contribution is 2.63. The van der Waals surface area contributed by atoms with Gasteiger partial charge in [0.05, 0.1) is 0 Å². The Hall–Kier alpha value is 0.310. The minimum atomic E-state index is 0.823. The monoisotopic (exact) mass is 143 g/mol. The lowest BCUT2D eigenvalue weighted by Gasteiger charge is -2.25. The van der Waals surface area contributed by atoms with Gasteiger partial charge in [-0.05, 0) is 30.7 Å². The molecule has 2 aliphatic rings. The van der Waals surface area contributed by atoms with Crippen molar-refractivity contribution >= 4 is 11.8 Å². The first-order valence-corrected chi connectivity index (χ1v) is 4.81. The number of hydrogen-bond acceptors (Lipinski definition) is 2. The molecule has 0 aromatic rings. The summed E-state index contributed by atoms with van der Waals surface area (Å²) >= 11 is 2.10. The first-order valence-electron chi connectivity index (χ1n) is 3.65. The van der Waals surface area contributed by atoms with Gasteiger partial charge in [-0.15, -0.1) is 0 Å². The molecule has 1 spiro atoms. The van der Waals surface area contributed by atoms with E-state index in [2.05, 4.69) is 11.8 Å². The summed E-state index contributed by atoms with van der Waals surface area (Å²) in [5.41, 5.74) is 6.29. The van der Waals surface area contributed by atoms with Gasteiger partial charge in [0.25, 0.3) is 0 Å². The van der Waals surface area contributed by atoms with Crippen molar-refractivity contribution in [2.24, 2.45) is 17.1 Å². The van der Waals surface area contributed by atoms with Crippen LogP contribution in [0.3, 0.4) is 0 Å². The maximum absolute atomic E-state index is 5.46. The molecular weight excluding hydrogens is 130 g/mol. The van der Waals surface area contributed by atoms with Gasteiger partial charge >= 0.3 is 0 Å². The van der Waals surface area contributed by atoms with Crippen LogP contribution in [-0.4, -0.2) is 18.1 Å². The first-order chi connectivity index (χ1) is 4.37. The summed E-state index contributed by atoms with van der Waals surface area (Å²) in [5, 5.41) is 0. The second-order valence-corrected chi connectivity index (χ2v) is 4.32. The summed E-state index contributed by atoms with van der Waals surface area (Å²) in [7, 11) is 0. The molecule has 0 aromatic heterocycles. The fourth-order valence-electron chi connectivity index (χ4n) is 1.76. The van der Waals surface area contributed by atoms with E-state index in [4.69, 9.17) is 5.73 Å². The van der Waals surface area contributed by atoms with E-state index in [9.17, 15) is 0 Å². The Balaban J connectivity index is 1.80. The van der Waals surface area contributed by atoms with E-state index in [1.165, 1.54) is 24.3 Å². The van der Waals surface area contributed by atoms with Crippen molar-refractivity contribution in [2.75, 3.05) is 18.1 Å². The summed E-state index contributed by atoms with van der Waals surface area (Å²) in [5.74, 6) is 3.87. The van der Waals surface area contributed by atoms with E-state index in [-0.39, 0.29) is 0 Å². The van der Waals surface area contributed by atoms with Crippen LogP contribution in [0.1, 0.15) is 12.8 Å². The minimum Gasteiger partial charge on any atom is -0.330 e. The molecule has 0 amide bonds. The lowest BCUT2D eigenvalue weighted by Crippen LogP contribution is -2.22. The fourth-order valence-corrected chi connectivity index (χ4v) is 3.19. The Labute approximate surface area is 60.4 Å². The highest BCUT2D eigenvalue weighted by Gasteiger charge is 2.57. The van der Waals surface area contributed by atoms with E-state index in [0.29, 0.717) is 0 Å². The van der Waals surface area contributed by atoms with E-state index < -0.39 is 0 Å². The van der Waals surface area contributed by atoms with Gasteiger partial charge in [-0.2, -0.15) is 11.8 Å². The normalized spacial score (nSPS) is 36.3. The highest BCUT2D eigenvalue weighted by atomic mass is 32.2. The SMILES string of the molecule is NCCC1CC12CSC2. The summed E-state index contributed by atoms with van der Waals surface area (Å²) < 4.78 is 0. The molecule has 2 rings (SSSR count). The molecule has 0 radical (unpaired) electrons. The van der Waals surface area contributed by atoms with Crippen molar-refractivity contribution in [2.45, 2.75) is 12.8 Å². The highest BCUT2D eigenvalue weighted by molar-refractivity contribution is 8.00. The summed E-state index contributed by atoms with van der Waals surface area (Å²) in [6, 6.07) is 0. The van der Waals surface area contributed by atoms with E-state index in [1.54, 1.807) is 0 Å². The van der Waals surface area contributed by atoms with E-state index in [1.807, 2.05) is 0 Å². The van der Waals surface area contributed by atoms with Crippen LogP contribution in [0.25, 0.3) is 0 Å². The van der Waals surface area contributed by atoms with Crippen LogP contribution in [0.5, 0.6) is 0 Å². The fraction of sp³-hybridized carbons (Fsp3) is 1.00. The minimum absolute atomic E-state index is 0.823. The van der Waals surface area contributed by atoms with Gasteiger partial charge in [0.2, 0.25) is 0 Å². The topological polar surface area (TPSA) is 26.0 Å². The van der Waals surface area contributed by atoms with Crippen LogP contribution in [0.2, 0.25) is 0 Å². The molecule has 0 aromatic carbocycles. The third kappa shape index (κ3) is 0.802. The standard InChI is InChI=1S/C7H13NS/c8-2-1-6-3-7(6)4-9-5-7/h6H,1-5,8H2. The Bertz CT molecular complexity index is 118. The number of thioether (sulfide) groups is 1. The molecule has 0 bridgehead atoms. The average molecular weight is 143 g/mol. The smallest absolute Gasteiger partial charge is 0.00000906 e. The predicted molar refractivity (Wildman–Crippen MR) is 41.5 cm³/mol.